The highest BCUT2D eigenvalue weighted by Gasteiger charge is 2.33. The molecule has 28 heavy (non-hydrogen) atoms. The van der Waals surface area contributed by atoms with Gasteiger partial charge in [-0.3, -0.25) is 4.99 Å². The summed E-state index contributed by atoms with van der Waals surface area (Å²) < 4.78 is 62.9. The third kappa shape index (κ3) is 5.66. The first kappa shape index (κ1) is 22.1. The van der Waals surface area contributed by atoms with Gasteiger partial charge in [0.05, 0.1) is 11.4 Å². The molecule has 0 amide bonds. The van der Waals surface area contributed by atoms with E-state index < -0.39 is 21.9 Å². The van der Waals surface area contributed by atoms with E-state index in [0.29, 0.717) is 12.5 Å². The van der Waals surface area contributed by atoms with Crippen molar-refractivity contribution in [2.75, 3.05) is 21.1 Å². The maximum Gasteiger partial charge on any atom is 0.434 e. The fourth-order valence-corrected chi connectivity index (χ4v) is 3.72. The first-order valence-electron chi connectivity index (χ1n) is 8.01. The van der Waals surface area contributed by atoms with Crippen molar-refractivity contribution < 1.29 is 21.6 Å². The van der Waals surface area contributed by atoms with Crippen molar-refractivity contribution in [3.63, 3.8) is 0 Å². The van der Waals surface area contributed by atoms with Crippen molar-refractivity contribution in [1.82, 2.24) is 19.9 Å². The average Bonchev–Trinajstić information content (AvgIpc) is 3.11. The highest BCUT2D eigenvalue weighted by Crippen LogP contribution is 2.29. The predicted octanol–water partition coefficient (Wildman–Crippen LogP) is 2.28. The van der Waals surface area contributed by atoms with E-state index in [4.69, 9.17) is 0 Å². The SMILES string of the molecule is CN=C(NCc1ccc(S(=O)(=O)N(C)C)cc1)NCc1nc(C(F)(F)F)cs1. The van der Waals surface area contributed by atoms with Crippen molar-refractivity contribution >= 4 is 27.3 Å². The van der Waals surface area contributed by atoms with E-state index in [2.05, 4.69) is 20.6 Å². The number of aliphatic imine (C=N–C) groups is 1. The topological polar surface area (TPSA) is 86.7 Å². The first-order chi connectivity index (χ1) is 13.0. The number of guanidine groups is 1. The maximum absolute atomic E-state index is 12.6. The number of sulfonamides is 1. The number of rotatable bonds is 6. The molecule has 2 rings (SSSR count). The minimum atomic E-state index is -4.46. The summed E-state index contributed by atoms with van der Waals surface area (Å²) in [6.45, 7) is 0.452. The largest absolute Gasteiger partial charge is 0.434 e. The molecule has 0 saturated heterocycles. The van der Waals surface area contributed by atoms with Gasteiger partial charge in [0.1, 0.15) is 5.01 Å². The van der Waals surface area contributed by atoms with Gasteiger partial charge in [0.2, 0.25) is 10.0 Å². The van der Waals surface area contributed by atoms with E-state index in [1.165, 1.54) is 33.3 Å². The first-order valence-corrected chi connectivity index (χ1v) is 10.3. The van der Waals surface area contributed by atoms with Gasteiger partial charge in [0.25, 0.3) is 0 Å². The van der Waals surface area contributed by atoms with Crippen molar-refractivity contribution in [1.29, 1.82) is 0 Å². The van der Waals surface area contributed by atoms with Crippen LogP contribution in [0.3, 0.4) is 0 Å². The number of alkyl halides is 3. The Hall–Kier alpha value is -2.18. The Labute approximate surface area is 165 Å². The third-order valence-electron chi connectivity index (χ3n) is 3.63. The minimum Gasteiger partial charge on any atom is -0.352 e. The van der Waals surface area contributed by atoms with Gasteiger partial charge in [0, 0.05) is 33.1 Å². The quantitative estimate of drug-likeness (QED) is 0.537. The number of thiazole rings is 1. The van der Waals surface area contributed by atoms with Gasteiger partial charge in [-0.2, -0.15) is 13.2 Å². The molecule has 0 aliphatic carbocycles. The monoisotopic (exact) mass is 435 g/mol. The molecule has 0 radical (unpaired) electrons. The lowest BCUT2D eigenvalue weighted by Crippen LogP contribution is -2.36. The van der Waals surface area contributed by atoms with Crippen LogP contribution in [-0.2, 0) is 29.3 Å². The van der Waals surface area contributed by atoms with E-state index in [1.54, 1.807) is 12.1 Å². The Morgan fingerprint density at radius 1 is 1.18 bits per heavy atom. The van der Waals surface area contributed by atoms with Crippen LogP contribution in [0.15, 0.2) is 39.5 Å². The van der Waals surface area contributed by atoms with E-state index in [-0.39, 0.29) is 16.4 Å². The van der Waals surface area contributed by atoms with Gasteiger partial charge in [0.15, 0.2) is 11.7 Å². The molecule has 12 heteroatoms. The highest BCUT2D eigenvalue weighted by atomic mass is 32.2. The molecule has 0 spiro atoms. The molecule has 1 heterocycles. The fraction of sp³-hybridized carbons (Fsp3) is 0.375. The number of nitrogens with zero attached hydrogens (tertiary/aromatic N) is 3. The summed E-state index contributed by atoms with van der Waals surface area (Å²) in [6.07, 6.45) is -4.46. The van der Waals surface area contributed by atoms with Crippen LogP contribution in [0.25, 0.3) is 0 Å². The molecule has 0 bridgehead atoms. The van der Waals surface area contributed by atoms with Crippen molar-refractivity contribution in [2.24, 2.45) is 4.99 Å². The Balaban J connectivity index is 1.91. The third-order valence-corrected chi connectivity index (χ3v) is 6.31. The average molecular weight is 435 g/mol. The van der Waals surface area contributed by atoms with E-state index >= 15 is 0 Å². The molecule has 0 atom stereocenters. The molecular formula is C16H20F3N5O2S2. The van der Waals surface area contributed by atoms with Crippen LogP contribution in [0.2, 0.25) is 0 Å². The predicted molar refractivity (Wildman–Crippen MR) is 101 cm³/mol. The van der Waals surface area contributed by atoms with E-state index in [1.807, 2.05) is 0 Å². The second-order valence-electron chi connectivity index (χ2n) is 5.83. The lowest BCUT2D eigenvalue weighted by Gasteiger charge is -2.13. The van der Waals surface area contributed by atoms with Crippen molar-refractivity contribution in [2.45, 2.75) is 24.2 Å². The summed E-state index contributed by atoms with van der Waals surface area (Å²) in [5.74, 6) is 0.383. The van der Waals surface area contributed by atoms with Crippen LogP contribution in [0.4, 0.5) is 13.2 Å². The van der Waals surface area contributed by atoms with Crippen molar-refractivity contribution in [3.05, 3.63) is 45.9 Å². The Kier molecular flexibility index (Phi) is 7.01. The normalized spacial score (nSPS) is 13.0. The molecule has 1 aromatic carbocycles. The van der Waals surface area contributed by atoms with Crippen LogP contribution in [0, 0.1) is 0 Å². The number of benzene rings is 1. The number of hydrogen-bond donors (Lipinski definition) is 2. The van der Waals surface area contributed by atoms with Crippen LogP contribution >= 0.6 is 11.3 Å². The van der Waals surface area contributed by atoms with Crippen LogP contribution in [0.5, 0.6) is 0 Å². The molecule has 0 aliphatic rings. The lowest BCUT2D eigenvalue weighted by molar-refractivity contribution is -0.140. The summed E-state index contributed by atoms with van der Waals surface area (Å²) in [6, 6.07) is 6.37. The van der Waals surface area contributed by atoms with Gasteiger partial charge in [-0.15, -0.1) is 11.3 Å². The highest BCUT2D eigenvalue weighted by molar-refractivity contribution is 7.89. The zero-order valence-corrected chi connectivity index (χ0v) is 17.0. The molecule has 154 valence electrons. The Bertz CT molecular complexity index is 923. The van der Waals surface area contributed by atoms with Gasteiger partial charge in [-0.25, -0.2) is 17.7 Å². The molecule has 1 aromatic heterocycles. The lowest BCUT2D eigenvalue weighted by atomic mass is 10.2. The zero-order chi connectivity index (χ0) is 20.9. The summed E-state index contributed by atoms with van der Waals surface area (Å²) in [5, 5.41) is 7.15. The molecule has 0 unspecified atom stereocenters. The minimum absolute atomic E-state index is 0.0977. The second-order valence-corrected chi connectivity index (χ2v) is 8.93. The summed E-state index contributed by atoms with van der Waals surface area (Å²) in [7, 11) is 0.964. The Morgan fingerprint density at radius 3 is 2.29 bits per heavy atom. The summed E-state index contributed by atoms with van der Waals surface area (Å²) in [5.41, 5.74) is -0.0979. The van der Waals surface area contributed by atoms with Crippen molar-refractivity contribution in [3.8, 4) is 0 Å². The van der Waals surface area contributed by atoms with E-state index in [0.717, 1.165) is 26.6 Å². The van der Waals surface area contributed by atoms with Gasteiger partial charge in [-0.1, -0.05) is 12.1 Å². The van der Waals surface area contributed by atoms with Gasteiger partial charge in [-0.05, 0) is 17.7 Å². The second kappa shape index (κ2) is 8.88. The van der Waals surface area contributed by atoms with Crippen LogP contribution in [0.1, 0.15) is 16.3 Å². The maximum atomic E-state index is 12.6. The van der Waals surface area contributed by atoms with Gasteiger partial charge >= 0.3 is 6.18 Å². The zero-order valence-electron chi connectivity index (χ0n) is 15.4. The molecule has 0 aliphatic heterocycles. The molecule has 7 nitrogen and oxygen atoms in total. The molecule has 0 fully saturated rings. The van der Waals surface area contributed by atoms with Crippen LogP contribution < -0.4 is 10.6 Å². The molecular weight excluding hydrogens is 415 g/mol. The smallest absolute Gasteiger partial charge is 0.352 e. The number of nitrogens with one attached hydrogen (secondary N) is 2. The molecule has 2 aromatic rings. The molecule has 0 saturated carbocycles. The Morgan fingerprint density at radius 2 is 1.79 bits per heavy atom. The number of aromatic nitrogens is 1. The summed E-state index contributed by atoms with van der Waals surface area (Å²) >= 11 is 0.912. The number of halogens is 3. The van der Waals surface area contributed by atoms with Crippen LogP contribution in [-0.4, -0.2) is 44.8 Å². The van der Waals surface area contributed by atoms with Gasteiger partial charge < -0.3 is 10.6 Å². The van der Waals surface area contributed by atoms with E-state index in [9.17, 15) is 21.6 Å². The summed E-state index contributed by atoms with van der Waals surface area (Å²) in [4.78, 5) is 7.73. The molecule has 2 N–H and O–H groups in total. The standard InChI is InChI=1S/C16H20F3N5O2S2/c1-20-15(22-9-14-23-13(10-27-14)16(17,18)19)21-8-11-4-6-12(7-5-11)28(25,26)24(2)3/h4-7,10H,8-9H2,1-3H3,(H2,20,21,22). The number of hydrogen-bond acceptors (Lipinski definition) is 5. The fourth-order valence-electron chi connectivity index (χ4n) is 2.08.